The van der Waals surface area contributed by atoms with E-state index in [1.54, 1.807) is 6.20 Å². The molecule has 0 unspecified atom stereocenters. The highest BCUT2D eigenvalue weighted by Crippen LogP contribution is 2.17. The number of nitrogens with zero attached hydrogens (tertiary/aromatic N) is 1. The lowest BCUT2D eigenvalue weighted by Gasteiger charge is -2.04. The van der Waals surface area contributed by atoms with Crippen LogP contribution in [0.1, 0.15) is 21.5 Å². The molecule has 3 nitrogen and oxygen atoms in total. The molecule has 3 heteroatoms. The maximum Gasteiger partial charge on any atom is 0.193 e. The zero-order valence-corrected chi connectivity index (χ0v) is 11.6. The summed E-state index contributed by atoms with van der Waals surface area (Å²) in [5.74, 6) is 0.0278. The van der Waals surface area contributed by atoms with Gasteiger partial charge in [-0.05, 0) is 42.8 Å². The predicted octanol–water partition coefficient (Wildman–Crippen LogP) is 2.97. The Balaban J connectivity index is 1.92. The van der Waals surface area contributed by atoms with Crippen molar-refractivity contribution in [2.75, 3.05) is 6.54 Å². The fraction of sp³-hybridized carbons (Fsp3) is 0.111. The lowest BCUT2D eigenvalue weighted by molar-refractivity contribution is 0.103. The lowest BCUT2D eigenvalue weighted by atomic mass is 10.00. The zero-order chi connectivity index (χ0) is 14.7. The van der Waals surface area contributed by atoms with Crippen LogP contribution < -0.4 is 5.73 Å². The second-order valence-electron chi connectivity index (χ2n) is 4.98. The molecule has 21 heavy (non-hydrogen) atoms. The average molecular weight is 276 g/mol. The SMILES string of the molecule is NCCc1ccc(C(=O)c2ccc3ncccc3c2)cc1. The summed E-state index contributed by atoms with van der Waals surface area (Å²) < 4.78 is 0. The van der Waals surface area contributed by atoms with Gasteiger partial charge >= 0.3 is 0 Å². The number of carbonyl (C=O) groups is 1. The molecule has 1 aromatic heterocycles. The Bertz CT molecular complexity index is 779. The van der Waals surface area contributed by atoms with Gasteiger partial charge in [-0.15, -0.1) is 0 Å². The van der Waals surface area contributed by atoms with Crippen LogP contribution in [-0.4, -0.2) is 17.3 Å². The number of aromatic nitrogens is 1. The highest BCUT2D eigenvalue weighted by atomic mass is 16.1. The molecule has 0 fully saturated rings. The van der Waals surface area contributed by atoms with E-state index in [0.717, 1.165) is 22.9 Å². The van der Waals surface area contributed by atoms with Crippen molar-refractivity contribution in [3.8, 4) is 0 Å². The third-order valence-electron chi connectivity index (χ3n) is 3.51. The minimum Gasteiger partial charge on any atom is -0.330 e. The summed E-state index contributed by atoms with van der Waals surface area (Å²) in [7, 11) is 0. The average Bonchev–Trinajstić information content (AvgIpc) is 2.55. The summed E-state index contributed by atoms with van der Waals surface area (Å²) in [6.07, 6.45) is 2.58. The van der Waals surface area contributed by atoms with Gasteiger partial charge in [0.15, 0.2) is 5.78 Å². The molecule has 0 aliphatic rings. The highest BCUT2D eigenvalue weighted by molar-refractivity contribution is 6.10. The maximum atomic E-state index is 12.5. The van der Waals surface area contributed by atoms with E-state index in [4.69, 9.17) is 5.73 Å². The van der Waals surface area contributed by atoms with Crippen LogP contribution in [0.2, 0.25) is 0 Å². The van der Waals surface area contributed by atoms with Crippen LogP contribution in [0.5, 0.6) is 0 Å². The summed E-state index contributed by atoms with van der Waals surface area (Å²) in [5, 5.41) is 0.975. The number of pyridine rings is 1. The molecule has 0 aliphatic heterocycles. The minimum absolute atomic E-state index is 0.0278. The van der Waals surface area contributed by atoms with Gasteiger partial charge in [-0.3, -0.25) is 9.78 Å². The van der Waals surface area contributed by atoms with Crippen LogP contribution in [0.15, 0.2) is 60.8 Å². The number of benzene rings is 2. The number of ketones is 1. The van der Waals surface area contributed by atoms with Crippen molar-refractivity contribution in [1.82, 2.24) is 4.98 Å². The van der Waals surface area contributed by atoms with Crippen LogP contribution in [0, 0.1) is 0 Å². The third kappa shape index (κ3) is 2.83. The van der Waals surface area contributed by atoms with Gasteiger partial charge in [-0.2, -0.15) is 0 Å². The number of carbonyl (C=O) groups excluding carboxylic acids is 1. The van der Waals surface area contributed by atoms with Gasteiger partial charge in [0, 0.05) is 22.7 Å². The monoisotopic (exact) mass is 276 g/mol. The van der Waals surface area contributed by atoms with E-state index in [1.807, 2.05) is 54.6 Å². The van der Waals surface area contributed by atoms with Crippen LogP contribution in [0.25, 0.3) is 10.9 Å². The van der Waals surface area contributed by atoms with Crippen molar-refractivity contribution in [1.29, 1.82) is 0 Å². The Morgan fingerprint density at radius 2 is 1.76 bits per heavy atom. The number of hydrogen-bond donors (Lipinski definition) is 1. The summed E-state index contributed by atoms with van der Waals surface area (Å²) >= 11 is 0. The quantitative estimate of drug-likeness (QED) is 0.745. The van der Waals surface area contributed by atoms with E-state index in [-0.39, 0.29) is 5.78 Å². The fourth-order valence-electron chi connectivity index (χ4n) is 2.37. The van der Waals surface area contributed by atoms with Crippen molar-refractivity contribution in [2.24, 2.45) is 5.73 Å². The maximum absolute atomic E-state index is 12.5. The smallest absolute Gasteiger partial charge is 0.193 e. The molecular formula is C18H16N2O. The first-order chi connectivity index (χ1) is 10.3. The topological polar surface area (TPSA) is 56.0 Å². The summed E-state index contributed by atoms with van der Waals surface area (Å²) in [6, 6.07) is 17.1. The van der Waals surface area contributed by atoms with Gasteiger partial charge in [-0.1, -0.05) is 30.3 Å². The Morgan fingerprint density at radius 1 is 1.00 bits per heavy atom. The summed E-state index contributed by atoms with van der Waals surface area (Å²) in [5.41, 5.74) is 8.95. The minimum atomic E-state index is 0.0278. The molecule has 3 rings (SSSR count). The van der Waals surface area contributed by atoms with Crippen molar-refractivity contribution >= 4 is 16.7 Å². The molecule has 104 valence electrons. The van der Waals surface area contributed by atoms with Crippen molar-refractivity contribution in [3.63, 3.8) is 0 Å². The molecule has 0 radical (unpaired) electrons. The van der Waals surface area contributed by atoms with Gasteiger partial charge in [0.1, 0.15) is 0 Å². The molecule has 0 amide bonds. The van der Waals surface area contributed by atoms with E-state index in [1.165, 1.54) is 0 Å². The Labute approximate surface area is 123 Å². The first-order valence-electron chi connectivity index (χ1n) is 6.96. The molecule has 3 aromatic rings. The van der Waals surface area contributed by atoms with E-state index in [2.05, 4.69) is 4.98 Å². The van der Waals surface area contributed by atoms with Gasteiger partial charge in [-0.25, -0.2) is 0 Å². The van der Waals surface area contributed by atoms with E-state index in [9.17, 15) is 4.79 Å². The third-order valence-corrected chi connectivity index (χ3v) is 3.51. The van der Waals surface area contributed by atoms with Gasteiger partial charge < -0.3 is 5.73 Å². The number of fused-ring (bicyclic) bond motifs is 1. The van der Waals surface area contributed by atoms with E-state index >= 15 is 0 Å². The van der Waals surface area contributed by atoms with Crippen LogP contribution >= 0.6 is 0 Å². The second-order valence-corrected chi connectivity index (χ2v) is 4.98. The number of nitrogens with two attached hydrogens (primary N) is 1. The number of hydrogen-bond acceptors (Lipinski definition) is 3. The standard InChI is InChI=1S/C18H16N2O/c19-10-9-13-3-5-14(6-4-13)18(21)16-7-8-17-15(12-16)2-1-11-20-17/h1-8,11-12H,9-10,19H2. The fourth-order valence-corrected chi connectivity index (χ4v) is 2.37. The summed E-state index contributed by atoms with van der Waals surface area (Å²) in [4.78, 5) is 16.8. The first-order valence-corrected chi connectivity index (χ1v) is 6.96. The molecule has 0 atom stereocenters. The van der Waals surface area contributed by atoms with Crippen LogP contribution in [0.4, 0.5) is 0 Å². The summed E-state index contributed by atoms with van der Waals surface area (Å²) in [6.45, 7) is 0.616. The molecule has 0 saturated heterocycles. The molecule has 0 bridgehead atoms. The van der Waals surface area contributed by atoms with Gasteiger partial charge in [0.2, 0.25) is 0 Å². The highest BCUT2D eigenvalue weighted by Gasteiger charge is 2.09. The van der Waals surface area contributed by atoms with Crippen molar-refractivity contribution < 1.29 is 4.79 Å². The van der Waals surface area contributed by atoms with Gasteiger partial charge in [0.25, 0.3) is 0 Å². The molecule has 0 spiro atoms. The van der Waals surface area contributed by atoms with E-state index in [0.29, 0.717) is 17.7 Å². The van der Waals surface area contributed by atoms with Crippen molar-refractivity contribution in [2.45, 2.75) is 6.42 Å². The molecule has 0 saturated carbocycles. The van der Waals surface area contributed by atoms with Crippen LogP contribution in [0.3, 0.4) is 0 Å². The van der Waals surface area contributed by atoms with Crippen molar-refractivity contribution in [3.05, 3.63) is 77.5 Å². The van der Waals surface area contributed by atoms with Gasteiger partial charge in [0.05, 0.1) is 5.52 Å². The Kier molecular flexibility index (Phi) is 3.75. The molecule has 1 heterocycles. The second kappa shape index (κ2) is 5.85. The first kappa shape index (κ1) is 13.5. The molecule has 2 N–H and O–H groups in total. The Morgan fingerprint density at radius 3 is 2.52 bits per heavy atom. The predicted molar refractivity (Wildman–Crippen MR) is 84.4 cm³/mol. The van der Waals surface area contributed by atoms with E-state index < -0.39 is 0 Å². The largest absolute Gasteiger partial charge is 0.330 e. The molecular weight excluding hydrogens is 260 g/mol. The normalized spacial score (nSPS) is 10.7. The van der Waals surface area contributed by atoms with Crippen LogP contribution in [-0.2, 0) is 6.42 Å². The zero-order valence-electron chi connectivity index (χ0n) is 11.6. The molecule has 2 aromatic carbocycles. The Hall–Kier alpha value is -2.52. The molecule has 0 aliphatic carbocycles. The lowest BCUT2D eigenvalue weighted by Crippen LogP contribution is -2.04. The number of rotatable bonds is 4.